The van der Waals surface area contributed by atoms with Crippen LogP contribution in [0.3, 0.4) is 0 Å². The van der Waals surface area contributed by atoms with Gasteiger partial charge in [-0.3, -0.25) is 9.89 Å². The molecule has 146 valence electrons. The average molecular weight is 409 g/mol. The van der Waals surface area contributed by atoms with Crippen LogP contribution in [0.2, 0.25) is 5.02 Å². The third-order valence-electron chi connectivity index (χ3n) is 4.39. The number of carbonyl (C=O) groups excluding carboxylic acids is 1. The number of ether oxygens (including phenoxy) is 1. The second-order valence-electron chi connectivity index (χ2n) is 6.31. The maximum Gasteiger partial charge on any atom is 0.289 e. The Morgan fingerprint density at radius 2 is 2.14 bits per heavy atom. The van der Waals surface area contributed by atoms with Gasteiger partial charge in [0.25, 0.3) is 5.91 Å². The zero-order valence-electron chi connectivity index (χ0n) is 15.7. The number of H-pyrrole nitrogens is 1. The monoisotopic (exact) mass is 408 g/mol. The van der Waals surface area contributed by atoms with E-state index < -0.39 is 5.91 Å². The zero-order chi connectivity index (χ0) is 20.4. The highest BCUT2D eigenvalue weighted by Crippen LogP contribution is 2.31. The predicted molar refractivity (Wildman–Crippen MR) is 111 cm³/mol. The molecule has 4 rings (SSSR count). The lowest BCUT2D eigenvalue weighted by atomic mass is 10.1. The summed E-state index contributed by atoms with van der Waals surface area (Å²) in [6, 6.07) is 12.6. The van der Waals surface area contributed by atoms with Crippen LogP contribution >= 0.6 is 11.6 Å². The maximum absolute atomic E-state index is 12.3. The number of hydrogen-bond donors (Lipinski definition) is 2. The van der Waals surface area contributed by atoms with Gasteiger partial charge in [0.15, 0.2) is 0 Å². The summed E-state index contributed by atoms with van der Waals surface area (Å²) in [4.78, 5) is 16.6. The molecule has 1 amide bonds. The van der Waals surface area contributed by atoms with E-state index in [9.17, 15) is 4.79 Å². The summed E-state index contributed by atoms with van der Waals surface area (Å²) in [5, 5.41) is 11.4. The molecule has 0 aliphatic carbocycles. The summed E-state index contributed by atoms with van der Waals surface area (Å²) in [5.41, 5.74) is 6.75. The highest BCUT2D eigenvalue weighted by Gasteiger charge is 2.14. The zero-order valence-corrected chi connectivity index (χ0v) is 16.4. The Kier molecular flexibility index (Phi) is 5.01. The summed E-state index contributed by atoms with van der Waals surface area (Å²) in [7, 11) is 3.48. The van der Waals surface area contributed by atoms with E-state index in [0.29, 0.717) is 16.5 Å². The molecule has 0 unspecified atom stereocenters. The van der Waals surface area contributed by atoms with Crippen molar-refractivity contribution in [1.82, 2.24) is 25.2 Å². The summed E-state index contributed by atoms with van der Waals surface area (Å²) in [6.45, 7) is 0. The fourth-order valence-corrected chi connectivity index (χ4v) is 3.07. The fourth-order valence-electron chi connectivity index (χ4n) is 2.91. The van der Waals surface area contributed by atoms with E-state index in [1.54, 1.807) is 43.9 Å². The molecule has 0 fully saturated rings. The fraction of sp³-hybridized carbons (Fsp3) is 0.100. The number of nitrogens with one attached hydrogen (secondary N) is 2. The minimum Gasteiger partial charge on any atom is -0.496 e. The van der Waals surface area contributed by atoms with E-state index in [1.807, 2.05) is 29.8 Å². The van der Waals surface area contributed by atoms with Crippen molar-refractivity contribution in [2.24, 2.45) is 12.1 Å². The number of aromatic nitrogens is 4. The Labute approximate surface area is 171 Å². The van der Waals surface area contributed by atoms with Crippen molar-refractivity contribution < 1.29 is 9.53 Å². The van der Waals surface area contributed by atoms with Gasteiger partial charge in [0.05, 0.1) is 36.4 Å². The Balaban J connectivity index is 1.47. The Morgan fingerprint density at radius 3 is 2.97 bits per heavy atom. The molecule has 0 aliphatic rings. The molecule has 2 N–H and O–H groups in total. The molecule has 29 heavy (non-hydrogen) atoms. The first-order valence-electron chi connectivity index (χ1n) is 8.69. The normalized spacial score (nSPS) is 11.3. The standard InChI is InChI=1S/C20H17ClN6O2/c1-27-11-22-16-7-12(3-6-18(16)27)10-23-26-20(28)17-9-15(24-25-17)14-5-4-13(21)8-19(14)29-2/h3-11H,1-2H3,(H,24,25)(H,26,28)/b23-10+. The topological polar surface area (TPSA) is 97.2 Å². The summed E-state index contributed by atoms with van der Waals surface area (Å²) < 4.78 is 7.26. The van der Waals surface area contributed by atoms with Crippen LogP contribution in [0.1, 0.15) is 16.1 Å². The number of aryl methyl sites for hydroxylation is 1. The summed E-state index contributed by atoms with van der Waals surface area (Å²) in [5.74, 6) is 0.158. The lowest BCUT2D eigenvalue weighted by Gasteiger charge is -2.05. The molecular formula is C20H17ClN6O2. The SMILES string of the molecule is COc1cc(Cl)ccc1-c1cc(C(=O)N/N=C/c2ccc3c(c2)ncn3C)[nH]n1. The van der Waals surface area contributed by atoms with Crippen LogP contribution in [0.15, 0.2) is 53.9 Å². The molecule has 0 saturated carbocycles. The number of fused-ring (bicyclic) bond motifs is 1. The van der Waals surface area contributed by atoms with Crippen molar-refractivity contribution in [2.75, 3.05) is 7.11 Å². The Hall–Kier alpha value is -3.65. The maximum atomic E-state index is 12.3. The van der Waals surface area contributed by atoms with Gasteiger partial charge in [-0.05, 0) is 42.0 Å². The predicted octanol–water partition coefficient (Wildman–Crippen LogP) is 3.39. The van der Waals surface area contributed by atoms with Crippen molar-refractivity contribution in [3.63, 3.8) is 0 Å². The van der Waals surface area contributed by atoms with Crippen molar-refractivity contribution in [2.45, 2.75) is 0 Å². The van der Waals surface area contributed by atoms with Gasteiger partial charge in [-0.25, -0.2) is 10.4 Å². The molecule has 8 nitrogen and oxygen atoms in total. The molecule has 2 aromatic carbocycles. The minimum atomic E-state index is -0.410. The number of imidazole rings is 1. The highest BCUT2D eigenvalue weighted by atomic mass is 35.5. The van der Waals surface area contributed by atoms with Crippen LogP contribution in [-0.4, -0.2) is 39.0 Å². The van der Waals surface area contributed by atoms with E-state index in [-0.39, 0.29) is 5.69 Å². The number of hydrazone groups is 1. The molecule has 0 saturated heterocycles. The van der Waals surface area contributed by atoms with E-state index in [4.69, 9.17) is 16.3 Å². The van der Waals surface area contributed by atoms with Gasteiger partial charge in [-0.2, -0.15) is 10.2 Å². The lowest BCUT2D eigenvalue weighted by molar-refractivity contribution is 0.0950. The number of rotatable bonds is 5. The van der Waals surface area contributed by atoms with Crippen LogP contribution in [0.25, 0.3) is 22.3 Å². The quantitative estimate of drug-likeness (QED) is 0.390. The molecule has 0 bridgehead atoms. The van der Waals surface area contributed by atoms with Gasteiger partial charge in [0, 0.05) is 17.6 Å². The molecule has 0 atom stereocenters. The number of aromatic amines is 1. The summed E-state index contributed by atoms with van der Waals surface area (Å²) >= 11 is 5.99. The van der Waals surface area contributed by atoms with Crippen LogP contribution in [0.5, 0.6) is 5.75 Å². The molecule has 9 heteroatoms. The van der Waals surface area contributed by atoms with Crippen molar-refractivity contribution in [3.05, 3.63) is 65.1 Å². The smallest absolute Gasteiger partial charge is 0.289 e. The third-order valence-corrected chi connectivity index (χ3v) is 4.63. The van der Waals surface area contributed by atoms with Gasteiger partial charge in [0.1, 0.15) is 11.4 Å². The average Bonchev–Trinajstić information content (AvgIpc) is 3.35. The van der Waals surface area contributed by atoms with Crippen molar-refractivity contribution in [1.29, 1.82) is 0 Å². The molecule has 4 aromatic rings. The van der Waals surface area contributed by atoms with Crippen LogP contribution < -0.4 is 10.2 Å². The molecule has 2 heterocycles. The van der Waals surface area contributed by atoms with Crippen LogP contribution in [0.4, 0.5) is 0 Å². The van der Waals surface area contributed by atoms with E-state index in [1.165, 1.54) is 0 Å². The molecule has 0 radical (unpaired) electrons. The summed E-state index contributed by atoms with van der Waals surface area (Å²) in [6.07, 6.45) is 3.31. The van der Waals surface area contributed by atoms with Gasteiger partial charge in [0.2, 0.25) is 0 Å². The first kappa shape index (κ1) is 18.7. The minimum absolute atomic E-state index is 0.273. The van der Waals surface area contributed by atoms with Crippen LogP contribution in [0, 0.1) is 0 Å². The number of amides is 1. The highest BCUT2D eigenvalue weighted by molar-refractivity contribution is 6.30. The van der Waals surface area contributed by atoms with Gasteiger partial charge >= 0.3 is 0 Å². The van der Waals surface area contributed by atoms with E-state index >= 15 is 0 Å². The number of hydrogen-bond acceptors (Lipinski definition) is 5. The lowest BCUT2D eigenvalue weighted by Crippen LogP contribution is -2.18. The first-order valence-corrected chi connectivity index (χ1v) is 9.07. The van der Waals surface area contributed by atoms with Crippen LogP contribution in [-0.2, 0) is 7.05 Å². The molecule has 2 aromatic heterocycles. The molecule has 0 spiro atoms. The van der Waals surface area contributed by atoms with Gasteiger partial charge in [-0.1, -0.05) is 17.7 Å². The second-order valence-corrected chi connectivity index (χ2v) is 6.75. The number of halogens is 1. The number of benzene rings is 2. The number of nitrogens with zero attached hydrogens (tertiary/aromatic N) is 4. The number of methoxy groups -OCH3 is 1. The molecular weight excluding hydrogens is 392 g/mol. The second kappa shape index (κ2) is 7.76. The number of carbonyl (C=O) groups is 1. The third kappa shape index (κ3) is 3.83. The van der Waals surface area contributed by atoms with Crippen molar-refractivity contribution in [3.8, 4) is 17.0 Å². The van der Waals surface area contributed by atoms with E-state index in [2.05, 4.69) is 25.7 Å². The Bertz CT molecular complexity index is 1230. The molecule has 0 aliphatic heterocycles. The largest absolute Gasteiger partial charge is 0.496 e. The van der Waals surface area contributed by atoms with Gasteiger partial charge in [-0.15, -0.1) is 0 Å². The van der Waals surface area contributed by atoms with E-state index in [0.717, 1.165) is 22.2 Å². The van der Waals surface area contributed by atoms with Crippen molar-refractivity contribution >= 4 is 34.8 Å². The van der Waals surface area contributed by atoms with Gasteiger partial charge < -0.3 is 9.30 Å². The first-order chi connectivity index (χ1) is 14.0. The Morgan fingerprint density at radius 1 is 1.28 bits per heavy atom.